The summed E-state index contributed by atoms with van der Waals surface area (Å²) in [6.45, 7) is 3.61. The van der Waals surface area contributed by atoms with Gasteiger partial charge in [-0.1, -0.05) is 61.9 Å². The fourth-order valence-electron chi connectivity index (χ4n) is 5.06. The number of rotatable bonds is 7. The van der Waals surface area contributed by atoms with Gasteiger partial charge in [-0.25, -0.2) is 4.79 Å². The van der Waals surface area contributed by atoms with Gasteiger partial charge in [0.05, 0.1) is 5.41 Å². The second kappa shape index (κ2) is 9.25. The normalized spacial score (nSPS) is 22.2. The lowest BCUT2D eigenvalue weighted by molar-refractivity contribution is -0.149. The highest BCUT2D eigenvalue weighted by Crippen LogP contribution is 2.44. The lowest BCUT2D eigenvalue weighted by Gasteiger charge is -2.29. The number of carbonyl (C=O) groups is 3. The Morgan fingerprint density at radius 1 is 1.09 bits per heavy atom. The number of ether oxygens (including phenoxy) is 1. The number of fused-ring (bicyclic) bond motifs is 3. The molecule has 2 aliphatic rings. The number of carbonyl (C=O) groups excluding carboxylic acids is 2. The number of nitrogens with one attached hydrogen (secondary N) is 2. The van der Waals surface area contributed by atoms with E-state index in [1.54, 1.807) is 13.8 Å². The van der Waals surface area contributed by atoms with Crippen LogP contribution in [0.15, 0.2) is 48.5 Å². The van der Waals surface area contributed by atoms with Gasteiger partial charge in [0.25, 0.3) is 0 Å². The molecule has 2 aromatic rings. The minimum Gasteiger partial charge on any atom is -0.481 e. The molecular weight excluding hydrogens is 420 g/mol. The predicted molar refractivity (Wildman–Crippen MR) is 124 cm³/mol. The van der Waals surface area contributed by atoms with Gasteiger partial charge in [-0.05, 0) is 48.4 Å². The highest BCUT2D eigenvalue weighted by Gasteiger charge is 2.46. The average Bonchev–Trinajstić information content (AvgIpc) is 3.34. The fraction of sp³-hybridized carbons (Fsp3) is 0.423. The van der Waals surface area contributed by atoms with Crippen LogP contribution in [0.3, 0.4) is 0 Å². The molecule has 2 amide bonds. The first kappa shape index (κ1) is 22.8. The Morgan fingerprint density at radius 2 is 1.70 bits per heavy atom. The van der Waals surface area contributed by atoms with Gasteiger partial charge in [0.2, 0.25) is 5.91 Å². The third-order valence-electron chi connectivity index (χ3n) is 7.12. The maximum Gasteiger partial charge on any atom is 0.407 e. The molecule has 4 rings (SSSR count). The summed E-state index contributed by atoms with van der Waals surface area (Å²) in [6.07, 6.45) is 1.57. The van der Waals surface area contributed by atoms with Crippen molar-refractivity contribution in [2.24, 2.45) is 5.41 Å². The number of amides is 2. The Hall–Kier alpha value is -3.35. The zero-order chi connectivity index (χ0) is 23.6. The van der Waals surface area contributed by atoms with Crippen molar-refractivity contribution in [2.75, 3.05) is 6.61 Å². The molecule has 33 heavy (non-hydrogen) atoms. The third kappa shape index (κ3) is 4.32. The second-order valence-electron chi connectivity index (χ2n) is 9.11. The molecule has 2 aliphatic carbocycles. The number of hydrogen-bond acceptors (Lipinski definition) is 4. The van der Waals surface area contributed by atoms with Gasteiger partial charge in [0.1, 0.15) is 12.6 Å². The molecule has 0 aromatic heterocycles. The van der Waals surface area contributed by atoms with Crippen molar-refractivity contribution in [2.45, 2.75) is 57.5 Å². The van der Waals surface area contributed by atoms with Crippen molar-refractivity contribution < 1.29 is 24.2 Å². The number of carboxylic acid groups (broad SMARTS) is 1. The maximum atomic E-state index is 12.8. The summed E-state index contributed by atoms with van der Waals surface area (Å²) < 4.78 is 5.55. The topological polar surface area (TPSA) is 105 Å². The first-order valence-electron chi connectivity index (χ1n) is 11.5. The SMILES string of the molecule is CC[C@@H](NC(=O)OCC1c2ccccc2-c2ccccc21)C(=O)NC1CCCC1(C)C(=O)O. The molecule has 7 nitrogen and oxygen atoms in total. The maximum absolute atomic E-state index is 12.8. The van der Waals surface area contributed by atoms with Gasteiger partial charge in [0.15, 0.2) is 0 Å². The van der Waals surface area contributed by atoms with E-state index in [1.165, 1.54) is 0 Å². The van der Waals surface area contributed by atoms with Crippen molar-refractivity contribution in [1.29, 1.82) is 0 Å². The average molecular weight is 451 g/mol. The van der Waals surface area contributed by atoms with E-state index in [4.69, 9.17) is 4.74 Å². The first-order chi connectivity index (χ1) is 15.8. The van der Waals surface area contributed by atoms with E-state index < -0.39 is 29.6 Å². The van der Waals surface area contributed by atoms with Crippen LogP contribution in [0.1, 0.15) is 56.6 Å². The van der Waals surface area contributed by atoms with E-state index in [9.17, 15) is 19.5 Å². The summed E-state index contributed by atoms with van der Waals surface area (Å²) in [5, 5.41) is 15.1. The molecule has 3 atom stereocenters. The summed E-state index contributed by atoms with van der Waals surface area (Å²) >= 11 is 0. The molecule has 0 saturated heterocycles. The Morgan fingerprint density at radius 3 is 2.27 bits per heavy atom. The molecule has 2 unspecified atom stereocenters. The Labute approximate surface area is 193 Å². The van der Waals surface area contributed by atoms with Gasteiger partial charge < -0.3 is 20.5 Å². The van der Waals surface area contributed by atoms with Gasteiger partial charge in [0, 0.05) is 12.0 Å². The van der Waals surface area contributed by atoms with E-state index in [0.717, 1.165) is 28.7 Å². The molecule has 7 heteroatoms. The molecule has 0 bridgehead atoms. The summed E-state index contributed by atoms with van der Waals surface area (Å²) in [5.41, 5.74) is 3.53. The molecule has 0 heterocycles. The van der Waals surface area contributed by atoms with E-state index in [-0.39, 0.29) is 18.4 Å². The number of aliphatic carboxylic acids is 1. The summed E-state index contributed by atoms with van der Waals surface area (Å²) in [5.74, 6) is -1.36. The Balaban J connectivity index is 1.37. The van der Waals surface area contributed by atoms with Crippen LogP contribution in [0.2, 0.25) is 0 Å². The monoisotopic (exact) mass is 450 g/mol. The Kier molecular flexibility index (Phi) is 6.40. The summed E-state index contributed by atoms with van der Waals surface area (Å²) in [4.78, 5) is 37.0. The zero-order valence-electron chi connectivity index (χ0n) is 19.0. The summed E-state index contributed by atoms with van der Waals surface area (Å²) in [7, 11) is 0. The lowest BCUT2D eigenvalue weighted by atomic mass is 9.85. The minimum absolute atomic E-state index is 0.0631. The number of benzene rings is 2. The zero-order valence-corrected chi connectivity index (χ0v) is 19.0. The molecule has 2 aromatic carbocycles. The molecule has 1 fully saturated rings. The van der Waals surface area contributed by atoms with Crippen molar-refractivity contribution in [3.8, 4) is 11.1 Å². The van der Waals surface area contributed by atoms with Crippen LogP contribution in [-0.2, 0) is 14.3 Å². The summed E-state index contributed by atoms with van der Waals surface area (Å²) in [6, 6.07) is 14.9. The van der Waals surface area contributed by atoms with Crippen LogP contribution < -0.4 is 10.6 Å². The fourth-order valence-corrected chi connectivity index (χ4v) is 5.06. The molecule has 0 aliphatic heterocycles. The highest BCUT2D eigenvalue weighted by molar-refractivity contribution is 5.87. The molecule has 174 valence electrons. The first-order valence-corrected chi connectivity index (χ1v) is 11.5. The van der Waals surface area contributed by atoms with Gasteiger partial charge in [-0.2, -0.15) is 0 Å². The van der Waals surface area contributed by atoms with E-state index in [1.807, 2.05) is 36.4 Å². The van der Waals surface area contributed by atoms with Gasteiger partial charge in [-0.15, -0.1) is 0 Å². The number of hydrogen-bond donors (Lipinski definition) is 3. The van der Waals surface area contributed by atoms with E-state index in [0.29, 0.717) is 19.3 Å². The second-order valence-corrected chi connectivity index (χ2v) is 9.11. The van der Waals surface area contributed by atoms with Crippen molar-refractivity contribution >= 4 is 18.0 Å². The molecule has 0 spiro atoms. The van der Waals surface area contributed by atoms with Crippen molar-refractivity contribution in [1.82, 2.24) is 10.6 Å². The van der Waals surface area contributed by atoms with Crippen LogP contribution in [0, 0.1) is 5.41 Å². The van der Waals surface area contributed by atoms with Crippen LogP contribution in [0.5, 0.6) is 0 Å². The van der Waals surface area contributed by atoms with Crippen LogP contribution >= 0.6 is 0 Å². The quantitative estimate of drug-likeness (QED) is 0.590. The molecular formula is C26H30N2O5. The van der Waals surface area contributed by atoms with Crippen LogP contribution in [0.4, 0.5) is 4.79 Å². The van der Waals surface area contributed by atoms with Gasteiger partial charge in [-0.3, -0.25) is 9.59 Å². The van der Waals surface area contributed by atoms with Crippen LogP contribution in [0.25, 0.3) is 11.1 Å². The van der Waals surface area contributed by atoms with Crippen LogP contribution in [-0.4, -0.2) is 41.8 Å². The van der Waals surface area contributed by atoms with E-state index >= 15 is 0 Å². The third-order valence-corrected chi connectivity index (χ3v) is 7.12. The van der Waals surface area contributed by atoms with Crippen molar-refractivity contribution in [3.63, 3.8) is 0 Å². The highest BCUT2D eigenvalue weighted by atomic mass is 16.5. The molecule has 0 radical (unpaired) electrons. The largest absolute Gasteiger partial charge is 0.481 e. The number of alkyl carbamates (subject to hydrolysis) is 1. The number of carboxylic acids is 1. The predicted octanol–water partition coefficient (Wildman–Crippen LogP) is 4.06. The molecule has 1 saturated carbocycles. The Bertz CT molecular complexity index is 1020. The molecule has 3 N–H and O–H groups in total. The lowest BCUT2D eigenvalue weighted by Crippen LogP contribution is -2.53. The smallest absolute Gasteiger partial charge is 0.407 e. The van der Waals surface area contributed by atoms with Crippen molar-refractivity contribution in [3.05, 3.63) is 59.7 Å². The van der Waals surface area contributed by atoms with E-state index in [2.05, 4.69) is 22.8 Å². The minimum atomic E-state index is -0.988. The van der Waals surface area contributed by atoms with Gasteiger partial charge >= 0.3 is 12.1 Å². The standard InChI is InChI=1S/C26H30N2O5/c1-3-21(23(29)28-22-13-8-14-26(22,2)24(30)31)27-25(32)33-15-20-18-11-6-4-9-16(18)17-10-5-7-12-19(17)20/h4-7,9-12,20-22H,3,8,13-15H2,1-2H3,(H,27,32)(H,28,29)(H,30,31)/t21-,22?,26?/m1/s1.